The van der Waals surface area contributed by atoms with Crippen LogP contribution in [0, 0.1) is 35.0 Å². The number of fused-ring (bicyclic) bond motifs is 1. The number of ketones is 1. The first-order chi connectivity index (χ1) is 18.1. The lowest BCUT2D eigenvalue weighted by Gasteiger charge is -2.30. The lowest BCUT2D eigenvalue weighted by Crippen LogP contribution is -2.43. The monoisotopic (exact) mass is 548 g/mol. The van der Waals surface area contributed by atoms with Gasteiger partial charge in [-0.2, -0.15) is 0 Å². The average Bonchev–Trinajstić information content (AvgIpc) is 3.64. The Bertz CT molecular complexity index is 1080. The summed E-state index contributed by atoms with van der Waals surface area (Å²) in [6.45, 7) is 16.1. The number of carbonyl (C=O) groups is 4. The second kappa shape index (κ2) is 9.98. The Kier molecular flexibility index (Phi) is 7.60. The molecule has 4 aliphatic rings. The molecule has 39 heavy (non-hydrogen) atoms. The molecule has 1 aliphatic heterocycles. The molecular formula is C30H44O9. The largest absolute Gasteiger partial charge is 0.461 e. The SMILES string of the molecule is CCC(C)C(=O)OC1C(C)CC23OC12C=C(C)C(OC(C)=O)C(OC)C1C(C(OC(C)=O)C(C)C3=O)C1(C)C. The summed E-state index contributed by atoms with van der Waals surface area (Å²) in [6.07, 6.45) is 0.0338. The van der Waals surface area contributed by atoms with Crippen LogP contribution in [0.25, 0.3) is 0 Å². The predicted octanol–water partition coefficient (Wildman–Crippen LogP) is 3.81. The van der Waals surface area contributed by atoms with E-state index in [4.69, 9.17) is 23.7 Å². The highest BCUT2D eigenvalue weighted by molar-refractivity contribution is 5.96. The number of esters is 3. The van der Waals surface area contributed by atoms with E-state index in [0.717, 1.165) is 0 Å². The van der Waals surface area contributed by atoms with Gasteiger partial charge in [-0.15, -0.1) is 0 Å². The Morgan fingerprint density at radius 2 is 1.64 bits per heavy atom. The van der Waals surface area contributed by atoms with Crippen molar-refractivity contribution in [2.24, 2.45) is 35.0 Å². The number of hydrogen-bond acceptors (Lipinski definition) is 9. The Morgan fingerprint density at radius 3 is 2.18 bits per heavy atom. The van der Waals surface area contributed by atoms with Crippen molar-refractivity contribution >= 4 is 23.7 Å². The maximum atomic E-state index is 14.4. The Hall–Kier alpha value is -2.26. The summed E-state index contributed by atoms with van der Waals surface area (Å²) in [6, 6.07) is 0. The van der Waals surface area contributed by atoms with Crippen molar-refractivity contribution in [3.8, 4) is 0 Å². The van der Waals surface area contributed by atoms with Gasteiger partial charge in [-0.05, 0) is 42.7 Å². The Morgan fingerprint density at radius 1 is 1.05 bits per heavy atom. The van der Waals surface area contributed by atoms with Crippen LogP contribution in [0.1, 0.15) is 75.2 Å². The van der Waals surface area contributed by atoms with Crippen LogP contribution in [0.3, 0.4) is 0 Å². The molecule has 9 heteroatoms. The zero-order chi connectivity index (χ0) is 29.2. The van der Waals surface area contributed by atoms with E-state index in [1.165, 1.54) is 13.8 Å². The van der Waals surface area contributed by atoms with Crippen LogP contribution >= 0.6 is 0 Å². The molecule has 9 nitrogen and oxygen atoms in total. The minimum Gasteiger partial charge on any atom is -0.461 e. The first kappa shape index (κ1) is 29.7. The molecule has 0 radical (unpaired) electrons. The third-order valence-electron chi connectivity index (χ3n) is 9.80. The summed E-state index contributed by atoms with van der Waals surface area (Å²) in [5.74, 6) is -2.99. The summed E-state index contributed by atoms with van der Waals surface area (Å²) >= 11 is 0. The van der Waals surface area contributed by atoms with Crippen molar-refractivity contribution in [1.29, 1.82) is 0 Å². The van der Waals surface area contributed by atoms with E-state index in [0.29, 0.717) is 18.4 Å². The van der Waals surface area contributed by atoms with Gasteiger partial charge in [-0.25, -0.2) is 0 Å². The quantitative estimate of drug-likeness (QED) is 0.211. The number of ether oxygens (including phenoxy) is 5. The highest BCUT2D eigenvalue weighted by Gasteiger charge is 2.84. The van der Waals surface area contributed by atoms with Crippen LogP contribution in [0.2, 0.25) is 0 Å². The fraction of sp³-hybridized carbons (Fsp3) is 0.800. The number of carbonyl (C=O) groups excluding carboxylic acids is 4. The van der Waals surface area contributed by atoms with Gasteiger partial charge in [0.05, 0.1) is 11.8 Å². The highest BCUT2D eigenvalue weighted by Crippen LogP contribution is 2.68. The van der Waals surface area contributed by atoms with Gasteiger partial charge in [-0.3, -0.25) is 19.2 Å². The lowest BCUT2D eigenvalue weighted by molar-refractivity contribution is -0.159. The zero-order valence-corrected chi connectivity index (χ0v) is 24.9. The molecule has 0 amide bonds. The van der Waals surface area contributed by atoms with Crippen molar-refractivity contribution in [3.05, 3.63) is 11.6 Å². The first-order valence-corrected chi connectivity index (χ1v) is 14.1. The Labute approximate surface area is 231 Å². The highest BCUT2D eigenvalue weighted by atomic mass is 16.7. The number of hydrogen-bond donors (Lipinski definition) is 0. The molecular weight excluding hydrogens is 504 g/mol. The zero-order valence-electron chi connectivity index (χ0n) is 24.9. The molecule has 0 bridgehead atoms. The molecule has 0 aromatic heterocycles. The normalized spacial score (nSPS) is 42.9. The predicted molar refractivity (Wildman–Crippen MR) is 140 cm³/mol. The van der Waals surface area contributed by atoms with Gasteiger partial charge >= 0.3 is 17.9 Å². The van der Waals surface area contributed by atoms with Gasteiger partial charge in [-0.1, -0.05) is 41.5 Å². The second-order valence-electron chi connectivity index (χ2n) is 12.8. The molecule has 4 rings (SSSR count). The fourth-order valence-corrected chi connectivity index (χ4v) is 7.56. The molecule has 0 aromatic rings. The van der Waals surface area contributed by atoms with Gasteiger partial charge in [0.2, 0.25) is 0 Å². The molecule has 11 atom stereocenters. The van der Waals surface area contributed by atoms with E-state index >= 15 is 0 Å². The molecule has 3 fully saturated rings. The van der Waals surface area contributed by atoms with Crippen molar-refractivity contribution in [3.63, 3.8) is 0 Å². The number of rotatable bonds is 6. The summed E-state index contributed by atoms with van der Waals surface area (Å²) in [7, 11) is 1.57. The molecule has 11 unspecified atom stereocenters. The summed E-state index contributed by atoms with van der Waals surface area (Å²) in [5.41, 5.74) is -2.16. The summed E-state index contributed by atoms with van der Waals surface area (Å²) in [4.78, 5) is 51.9. The van der Waals surface area contributed by atoms with E-state index in [9.17, 15) is 19.2 Å². The number of Topliss-reactive ketones (excluding diaryl/α,β-unsaturated/α-hetero) is 1. The van der Waals surface area contributed by atoms with E-state index in [1.807, 2.05) is 33.8 Å². The number of epoxide rings is 1. The van der Waals surface area contributed by atoms with Crippen LogP contribution < -0.4 is 0 Å². The van der Waals surface area contributed by atoms with Crippen LogP contribution in [0.4, 0.5) is 0 Å². The third-order valence-corrected chi connectivity index (χ3v) is 9.80. The molecule has 218 valence electrons. The van der Waals surface area contributed by atoms with Crippen molar-refractivity contribution in [1.82, 2.24) is 0 Å². The van der Waals surface area contributed by atoms with Gasteiger partial charge in [0.15, 0.2) is 17.0 Å². The first-order valence-electron chi connectivity index (χ1n) is 14.1. The second-order valence-corrected chi connectivity index (χ2v) is 12.8. The molecule has 0 spiro atoms. The number of methoxy groups -OCH3 is 1. The molecule has 0 N–H and O–H groups in total. The standard InChI is InChI=1S/C30H44O9/c1-11-14(2)27(34)38-26-16(4)13-29-25(33)17(5)23(37-19(7)32)20-21(28(20,8)9)24(35-10)22(36-18(6)31)15(3)12-30(26,29)39-29/h12,14,16-17,20-24,26H,11,13H2,1-10H3. The van der Waals surface area contributed by atoms with Crippen LogP contribution in [-0.4, -0.2) is 66.4 Å². The Balaban J connectivity index is 1.88. The summed E-state index contributed by atoms with van der Waals surface area (Å²) in [5, 5.41) is 0. The van der Waals surface area contributed by atoms with Crippen LogP contribution in [-0.2, 0) is 42.9 Å². The van der Waals surface area contributed by atoms with E-state index in [1.54, 1.807) is 14.0 Å². The van der Waals surface area contributed by atoms with Gasteiger partial charge < -0.3 is 23.7 Å². The van der Waals surface area contributed by atoms with Crippen LogP contribution in [0.15, 0.2) is 11.6 Å². The minimum atomic E-state index is -1.24. The topological polar surface area (TPSA) is 118 Å². The average molecular weight is 549 g/mol. The molecule has 1 heterocycles. The lowest BCUT2D eigenvalue weighted by atomic mass is 9.80. The third kappa shape index (κ3) is 4.53. The maximum Gasteiger partial charge on any atom is 0.309 e. The molecule has 3 aliphatic carbocycles. The van der Waals surface area contributed by atoms with Crippen molar-refractivity contribution < 1.29 is 42.9 Å². The fourth-order valence-electron chi connectivity index (χ4n) is 7.56. The van der Waals surface area contributed by atoms with Gasteiger partial charge in [0.25, 0.3) is 0 Å². The molecule has 2 saturated carbocycles. The molecule has 0 aromatic carbocycles. The smallest absolute Gasteiger partial charge is 0.309 e. The van der Waals surface area contributed by atoms with Gasteiger partial charge in [0.1, 0.15) is 24.4 Å². The molecule has 1 saturated heterocycles. The van der Waals surface area contributed by atoms with E-state index in [2.05, 4.69) is 13.8 Å². The van der Waals surface area contributed by atoms with Crippen molar-refractivity contribution in [2.75, 3.05) is 7.11 Å². The maximum absolute atomic E-state index is 14.4. The van der Waals surface area contributed by atoms with E-state index in [-0.39, 0.29) is 40.8 Å². The van der Waals surface area contributed by atoms with Crippen molar-refractivity contribution in [2.45, 2.75) is 111 Å². The van der Waals surface area contributed by atoms with E-state index < -0.39 is 53.5 Å². The van der Waals surface area contributed by atoms with Crippen LogP contribution in [0.5, 0.6) is 0 Å². The minimum absolute atomic E-state index is 0.155. The summed E-state index contributed by atoms with van der Waals surface area (Å²) < 4.78 is 30.2. The van der Waals surface area contributed by atoms with Gasteiger partial charge in [0, 0.05) is 32.8 Å².